The summed E-state index contributed by atoms with van der Waals surface area (Å²) in [5.41, 5.74) is 0.601. The molecule has 0 aromatic heterocycles. The normalized spacial score (nSPS) is 10.2. The summed E-state index contributed by atoms with van der Waals surface area (Å²) in [6.07, 6.45) is 0. The second kappa shape index (κ2) is 6.05. The average molecular weight is 338 g/mol. The van der Waals surface area contributed by atoms with Gasteiger partial charge in [-0.1, -0.05) is 28.1 Å². The molecular formula is C15H13BrFNO2. The molecule has 1 amide bonds. The Morgan fingerprint density at radius 1 is 1.25 bits per heavy atom. The van der Waals surface area contributed by atoms with Crippen LogP contribution in [0.3, 0.4) is 0 Å². The van der Waals surface area contributed by atoms with Gasteiger partial charge in [0.1, 0.15) is 11.6 Å². The van der Waals surface area contributed by atoms with E-state index in [0.717, 1.165) is 4.47 Å². The molecule has 0 radical (unpaired) electrons. The van der Waals surface area contributed by atoms with E-state index in [-0.39, 0.29) is 11.6 Å². The maximum absolute atomic E-state index is 13.7. The first kappa shape index (κ1) is 14.5. The van der Waals surface area contributed by atoms with Gasteiger partial charge in [0.25, 0.3) is 5.91 Å². The topological polar surface area (TPSA) is 29.5 Å². The van der Waals surface area contributed by atoms with Crippen LogP contribution in [0.15, 0.2) is 46.9 Å². The fourth-order valence-corrected chi connectivity index (χ4v) is 2.20. The molecule has 2 rings (SSSR count). The zero-order valence-corrected chi connectivity index (χ0v) is 12.6. The molecule has 20 heavy (non-hydrogen) atoms. The zero-order chi connectivity index (χ0) is 14.7. The van der Waals surface area contributed by atoms with Crippen LogP contribution in [0.4, 0.5) is 10.1 Å². The molecule has 0 fully saturated rings. The highest BCUT2D eigenvalue weighted by molar-refractivity contribution is 9.10. The molecule has 104 valence electrons. The summed E-state index contributed by atoms with van der Waals surface area (Å²) in [5.74, 6) is -0.341. The minimum Gasteiger partial charge on any atom is -0.496 e. The minimum atomic E-state index is -0.445. The Kier molecular flexibility index (Phi) is 4.39. The van der Waals surface area contributed by atoms with Gasteiger partial charge in [-0.05, 0) is 30.3 Å². The summed E-state index contributed by atoms with van der Waals surface area (Å²) in [6, 6.07) is 11.2. The van der Waals surface area contributed by atoms with E-state index in [1.54, 1.807) is 36.4 Å². The highest BCUT2D eigenvalue weighted by atomic mass is 79.9. The van der Waals surface area contributed by atoms with Crippen molar-refractivity contribution in [3.05, 3.63) is 58.3 Å². The highest BCUT2D eigenvalue weighted by Gasteiger charge is 2.19. The first-order valence-corrected chi connectivity index (χ1v) is 6.70. The van der Waals surface area contributed by atoms with Crippen LogP contribution in [0, 0.1) is 5.82 Å². The molecule has 0 bridgehead atoms. The fraction of sp³-hybridized carbons (Fsp3) is 0.133. The van der Waals surface area contributed by atoms with Crippen LogP contribution in [0.25, 0.3) is 0 Å². The molecule has 0 N–H and O–H groups in total. The fourth-order valence-electron chi connectivity index (χ4n) is 1.86. The lowest BCUT2D eigenvalue weighted by molar-refractivity contribution is 0.0989. The van der Waals surface area contributed by atoms with Crippen molar-refractivity contribution >= 4 is 27.5 Å². The Morgan fingerprint density at radius 2 is 1.95 bits per heavy atom. The van der Waals surface area contributed by atoms with Gasteiger partial charge >= 0.3 is 0 Å². The first-order valence-electron chi connectivity index (χ1n) is 5.90. The van der Waals surface area contributed by atoms with Crippen molar-refractivity contribution < 1.29 is 13.9 Å². The number of nitrogens with zero attached hydrogens (tertiary/aromatic N) is 1. The van der Waals surface area contributed by atoms with Crippen molar-refractivity contribution in [3.8, 4) is 5.75 Å². The predicted molar refractivity (Wildman–Crippen MR) is 79.8 cm³/mol. The highest BCUT2D eigenvalue weighted by Crippen LogP contribution is 2.27. The van der Waals surface area contributed by atoms with Crippen molar-refractivity contribution in [1.29, 1.82) is 0 Å². The van der Waals surface area contributed by atoms with E-state index in [9.17, 15) is 9.18 Å². The summed E-state index contributed by atoms with van der Waals surface area (Å²) in [7, 11) is 3.02. The van der Waals surface area contributed by atoms with Crippen molar-refractivity contribution in [2.75, 3.05) is 19.1 Å². The standard InChI is InChI=1S/C15H13BrFNO2/c1-18(13-6-4-3-5-12(13)17)15(19)11-8-7-10(16)9-14(11)20-2/h3-9H,1-2H3. The minimum absolute atomic E-state index is 0.225. The molecular weight excluding hydrogens is 325 g/mol. The van der Waals surface area contributed by atoms with Crippen LogP contribution in [0.1, 0.15) is 10.4 Å². The van der Waals surface area contributed by atoms with Crippen LogP contribution < -0.4 is 9.64 Å². The molecule has 0 aliphatic rings. The molecule has 0 unspecified atom stereocenters. The average Bonchev–Trinajstić information content (AvgIpc) is 2.46. The number of benzene rings is 2. The number of rotatable bonds is 3. The Labute approximate surface area is 125 Å². The van der Waals surface area contributed by atoms with Crippen molar-refractivity contribution in [2.24, 2.45) is 0 Å². The van der Waals surface area contributed by atoms with E-state index in [1.807, 2.05) is 0 Å². The maximum Gasteiger partial charge on any atom is 0.261 e. The third-order valence-electron chi connectivity index (χ3n) is 2.91. The van der Waals surface area contributed by atoms with Crippen molar-refractivity contribution in [1.82, 2.24) is 0 Å². The second-order valence-corrected chi connectivity index (χ2v) is 5.08. The molecule has 2 aromatic carbocycles. The van der Waals surface area contributed by atoms with E-state index in [0.29, 0.717) is 11.3 Å². The molecule has 0 atom stereocenters. The second-order valence-electron chi connectivity index (χ2n) is 4.16. The number of carbonyl (C=O) groups excluding carboxylic acids is 1. The lowest BCUT2D eigenvalue weighted by Crippen LogP contribution is -2.27. The lowest BCUT2D eigenvalue weighted by Gasteiger charge is -2.19. The van der Waals surface area contributed by atoms with E-state index >= 15 is 0 Å². The van der Waals surface area contributed by atoms with Crippen LogP contribution in [0.2, 0.25) is 0 Å². The quantitative estimate of drug-likeness (QED) is 0.850. The van der Waals surface area contributed by atoms with Gasteiger partial charge in [-0.15, -0.1) is 0 Å². The molecule has 0 spiro atoms. The summed E-state index contributed by atoms with van der Waals surface area (Å²) >= 11 is 3.31. The number of hydrogen-bond acceptors (Lipinski definition) is 2. The smallest absolute Gasteiger partial charge is 0.261 e. The largest absolute Gasteiger partial charge is 0.496 e. The van der Waals surface area contributed by atoms with Crippen molar-refractivity contribution in [3.63, 3.8) is 0 Å². The molecule has 5 heteroatoms. The predicted octanol–water partition coefficient (Wildman–Crippen LogP) is 3.87. The number of carbonyl (C=O) groups is 1. The summed E-state index contributed by atoms with van der Waals surface area (Å²) in [4.78, 5) is 13.7. The SMILES string of the molecule is COc1cc(Br)ccc1C(=O)N(C)c1ccccc1F. The molecule has 2 aromatic rings. The number of methoxy groups -OCH3 is 1. The van der Waals surface area contributed by atoms with Gasteiger partial charge in [0, 0.05) is 11.5 Å². The van der Waals surface area contributed by atoms with Gasteiger partial charge in [0.2, 0.25) is 0 Å². The van der Waals surface area contributed by atoms with Crippen LogP contribution >= 0.6 is 15.9 Å². The van der Waals surface area contributed by atoms with E-state index in [4.69, 9.17) is 4.74 Å². The van der Waals surface area contributed by atoms with Crippen LogP contribution in [0.5, 0.6) is 5.75 Å². The number of amides is 1. The molecule has 0 aliphatic heterocycles. The molecule has 0 saturated heterocycles. The van der Waals surface area contributed by atoms with Gasteiger partial charge in [-0.2, -0.15) is 0 Å². The Morgan fingerprint density at radius 3 is 2.60 bits per heavy atom. The number of halogens is 2. The zero-order valence-electron chi connectivity index (χ0n) is 11.1. The number of anilines is 1. The molecule has 0 heterocycles. The monoisotopic (exact) mass is 337 g/mol. The van der Waals surface area contributed by atoms with Crippen LogP contribution in [-0.2, 0) is 0 Å². The Hall–Kier alpha value is -1.88. The van der Waals surface area contributed by atoms with Gasteiger partial charge in [0.15, 0.2) is 0 Å². The van der Waals surface area contributed by atoms with E-state index in [1.165, 1.54) is 25.1 Å². The molecule has 3 nitrogen and oxygen atoms in total. The van der Waals surface area contributed by atoms with Gasteiger partial charge < -0.3 is 9.64 Å². The Bertz CT molecular complexity index is 646. The van der Waals surface area contributed by atoms with Gasteiger partial charge in [-0.3, -0.25) is 4.79 Å². The van der Waals surface area contributed by atoms with E-state index in [2.05, 4.69) is 15.9 Å². The summed E-state index contributed by atoms with van der Waals surface area (Å²) < 4.78 is 19.7. The van der Waals surface area contributed by atoms with Gasteiger partial charge in [0.05, 0.1) is 18.4 Å². The number of hydrogen-bond donors (Lipinski definition) is 0. The van der Waals surface area contributed by atoms with Crippen molar-refractivity contribution in [2.45, 2.75) is 0 Å². The number of ether oxygens (including phenoxy) is 1. The maximum atomic E-state index is 13.7. The third kappa shape index (κ3) is 2.82. The van der Waals surface area contributed by atoms with E-state index < -0.39 is 5.82 Å². The van der Waals surface area contributed by atoms with Gasteiger partial charge in [-0.25, -0.2) is 4.39 Å². The summed E-state index contributed by atoms with van der Waals surface area (Å²) in [5, 5.41) is 0. The van der Waals surface area contributed by atoms with Crippen LogP contribution in [-0.4, -0.2) is 20.1 Å². The number of para-hydroxylation sites is 1. The Balaban J connectivity index is 2.39. The molecule has 0 aliphatic carbocycles. The lowest BCUT2D eigenvalue weighted by atomic mass is 10.1. The molecule has 0 saturated carbocycles. The summed E-state index contributed by atoms with van der Waals surface area (Å²) in [6.45, 7) is 0. The first-order chi connectivity index (χ1) is 9.54. The third-order valence-corrected chi connectivity index (χ3v) is 3.41.